The number of hydrogen-bond donors (Lipinski definition) is 2. The van der Waals surface area contributed by atoms with Crippen LogP contribution in [0.15, 0.2) is 5.16 Å². The van der Waals surface area contributed by atoms with Gasteiger partial charge in [0.25, 0.3) is 0 Å². The minimum atomic E-state index is 0.593. The summed E-state index contributed by atoms with van der Waals surface area (Å²) in [7, 11) is 0. The number of thioether (sulfide) groups is 1. The summed E-state index contributed by atoms with van der Waals surface area (Å²) in [6.45, 7) is 9.14. The molecule has 0 radical (unpaired) electrons. The fourth-order valence-corrected chi connectivity index (χ4v) is 2.64. The Morgan fingerprint density at radius 3 is 2.70 bits per heavy atom. The van der Waals surface area contributed by atoms with Crippen molar-refractivity contribution in [3.8, 4) is 0 Å². The molecule has 1 aromatic heterocycles. The lowest BCUT2D eigenvalue weighted by molar-refractivity contribution is 0.477. The van der Waals surface area contributed by atoms with Gasteiger partial charge in [0, 0.05) is 26.1 Å². The van der Waals surface area contributed by atoms with Crippen LogP contribution in [0.2, 0.25) is 0 Å². The van der Waals surface area contributed by atoms with E-state index in [2.05, 4.69) is 39.2 Å². The monoisotopic (exact) mass is 315 g/mol. The van der Waals surface area contributed by atoms with E-state index in [-0.39, 0.29) is 0 Å². The molecular weight excluding hydrogens is 290 g/mol. The lowest BCUT2D eigenvalue weighted by Gasteiger charge is -2.12. The zero-order valence-corrected chi connectivity index (χ0v) is 14.4. The molecular formula is C13H25N5S2. The number of nitrogens with one attached hydrogen (secondary N) is 2. The summed E-state index contributed by atoms with van der Waals surface area (Å²) in [6.07, 6.45) is 3.96. The Labute approximate surface area is 131 Å². The van der Waals surface area contributed by atoms with E-state index in [0.29, 0.717) is 5.92 Å². The quantitative estimate of drug-likeness (QED) is 0.435. The molecule has 2 N–H and O–H groups in total. The number of nitrogens with zero attached hydrogens (tertiary/aromatic N) is 3. The van der Waals surface area contributed by atoms with E-state index in [4.69, 9.17) is 12.2 Å². The Hall–Kier alpha value is -0.820. The topological polar surface area (TPSA) is 54.8 Å². The van der Waals surface area contributed by atoms with E-state index in [1.807, 2.05) is 13.2 Å². The molecule has 0 aliphatic heterocycles. The molecule has 114 valence electrons. The van der Waals surface area contributed by atoms with Gasteiger partial charge in [0.1, 0.15) is 5.82 Å². The van der Waals surface area contributed by atoms with Gasteiger partial charge in [0.15, 0.2) is 10.3 Å². The molecule has 0 aliphatic rings. The van der Waals surface area contributed by atoms with E-state index in [9.17, 15) is 0 Å². The lowest BCUT2D eigenvalue weighted by atomic mass is 10.2. The summed E-state index contributed by atoms with van der Waals surface area (Å²) in [6, 6.07) is 0. The van der Waals surface area contributed by atoms with Crippen LogP contribution in [0, 0.1) is 5.92 Å². The molecule has 1 heterocycles. The highest BCUT2D eigenvalue weighted by atomic mass is 32.2. The van der Waals surface area contributed by atoms with Gasteiger partial charge in [0.05, 0.1) is 0 Å². The summed E-state index contributed by atoms with van der Waals surface area (Å²) in [5.41, 5.74) is 0. The Balaban J connectivity index is 2.47. The standard InChI is InChI=1S/C13H25N5S2/c1-5-14-12(19)15-8-6-7-11-16-17-13(20-4)18(11)9-10(2)3/h10H,5-9H2,1-4H3,(H2,14,15,19). The van der Waals surface area contributed by atoms with Gasteiger partial charge >= 0.3 is 0 Å². The van der Waals surface area contributed by atoms with E-state index in [1.165, 1.54) is 0 Å². The zero-order chi connectivity index (χ0) is 15.0. The average molecular weight is 316 g/mol. The fourth-order valence-electron chi connectivity index (χ4n) is 1.87. The van der Waals surface area contributed by atoms with Crippen molar-refractivity contribution in [2.45, 2.75) is 45.3 Å². The highest BCUT2D eigenvalue weighted by Crippen LogP contribution is 2.16. The van der Waals surface area contributed by atoms with Gasteiger partial charge in [-0.05, 0) is 37.7 Å². The second kappa shape index (κ2) is 9.18. The SMILES string of the molecule is CCNC(=S)NCCCc1nnc(SC)n1CC(C)C. The van der Waals surface area contributed by atoms with Crippen molar-refractivity contribution in [1.82, 2.24) is 25.4 Å². The number of aromatic nitrogens is 3. The predicted molar refractivity (Wildman–Crippen MR) is 89.2 cm³/mol. The van der Waals surface area contributed by atoms with E-state index < -0.39 is 0 Å². The normalized spacial score (nSPS) is 10.8. The minimum absolute atomic E-state index is 0.593. The van der Waals surface area contributed by atoms with Crippen LogP contribution >= 0.6 is 24.0 Å². The van der Waals surface area contributed by atoms with Crippen LogP contribution in [0.1, 0.15) is 33.0 Å². The van der Waals surface area contributed by atoms with Gasteiger partial charge in [-0.3, -0.25) is 0 Å². The van der Waals surface area contributed by atoms with Crippen LogP contribution in [0.25, 0.3) is 0 Å². The molecule has 0 bridgehead atoms. The summed E-state index contributed by atoms with van der Waals surface area (Å²) in [5.74, 6) is 1.66. The zero-order valence-electron chi connectivity index (χ0n) is 12.8. The molecule has 0 spiro atoms. The highest BCUT2D eigenvalue weighted by molar-refractivity contribution is 7.98. The van der Waals surface area contributed by atoms with Gasteiger partial charge in [-0.2, -0.15) is 0 Å². The average Bonchev–Trinajstić information content (AvgIpc) is 2.76. The Kier molecular flexibility index (Phi) is 7.91. The molecule has 0 aliphatic carbocycles. The minimum Gasteiger partial charge on any atom is -0.363 e. The van der Waals surface area contributed by atoms with Crippen molar-refractivity contribution in [2.75, 3.05) is 19.3 Å². The highest BCUT2D eigenvalue weighted by Gasteiger charge is 2.12. The Bertz CT molecular complexity index is 417. The third kappa shape index (κ3) is 5.66. The molecule has 0 aromatic carbocycles. The number of hydrogen-bond acceptors (Lipinski definition) is 4. The molecule has 20 heavy (non-hydrogen) atoms. The van der Waals surface area contributed by atoms with Gasteiger partial charge in [-0.25, -0.2) is 0 Å². The molecule has 0 fully saturated rings. The van der Waals surface area contributed by atoms with Crippen LogP contribution in [0.4, 0.5) is 0 Å². The Morgan fingerprint density at radius 1 is 1.35 bits per heavy atom. The molecule has 0 saturated heterocycles. The molecule has 1 aromatic rings. The fraction of sp³-hybridized carbons (Fsp3) is 0.769. The smallest absolute Gasteiger partial charge is 0.190 e. The summed E-state index contributed by atoms with van der Waals surface area (Å²) in [5, 5.41) is 16.6. The third-order valence-electron chi connectivity index (χ3n) is 2.72. The maximum Gasteiger partial charge on any atom is 0.190 e. The van der Waals surface area contributed by atoms with Gasteiger partial charge in [-0.15, -0.1) is 10.2 Å². The number of thiocarbonyl (C=S) groups is 1. The molecule has 0 saturated carbocycles. The van der Waals surface area contributed by atoms with Crippen LogP contribution in [0.5, 0.6) is 0 Å². The van der Waals surface area contributed by atoms with E-state index >= 15 is 0 Å². The van der Waals surface area contributed by atoms with Crippen molar-refractivity contribution in [1.29, 1.82) is 0 Å². The first-order valence-electron chi connectivity index (χ1n) is 7.06. The van der Waals surface area contributed by atoms with Gasteiger partial charge < -0.3 is 15.2 Å². The van der Waals surface area contributed by atoms with Crippen LogP contribution in [-0.4, -0.2) is 39.2 Å². The van der Waals surface area contributed by atoms with Gasteiger partial charge in [-0.1, -0.05) is 25.6 Å². The maximum atomic E-state index is 5.13. The summed E-state index contributed by atoms with van der Waals surface area (Å²) < 4.78 is 2.23. The lowest BCUT2D eigenvalue weighted by Crippen LogP contribution is -2.35. The van der Waals surface area contributed by atoms with Crippen molar-refractivity contribution in [2.24, 2.45) is 5.92 Å². The molecule has 0 amide bonds. The molecule has 5 nitrogen and oxygen atoms in total. The summed E-state index contributed by atoms with van der Waals surface area (Å²) >= 11 is 6.78. The maximum absolute atomic E-state index is 5.13. The van der Waals surface area contributed by atoms with Crippen molar-refractivity contribution in [3.63, 3.8) is 0 Å². The molecule has 1 rings (SSSR count). The van der Waals surface area contributed by atoms with Crippen molar-refractivity contribution >= 4 is 29.1 Å². The van der Waals surface area contributed by atoms with Crippen LogP contribution < -0.4 is 10.6 Å². The largest absolute Gasteiger partial charge is 0.363 e. The number of rotatable bonds is 8. The van der Waals surface area contributed by atoms with Gasteiger partial charge in [0.2, 0.25) is 0 Å². The predicted octanol–water partition coefficient (Wildman–Crippen LogP) is 2.07. The number of aryl methyl sites for hydroxylation is 1. The molecule has 0 unspecified atom stereocenters. The molecule has 0 atom stereocenters. The second-order valence-electron chi connectivity index (χ2n) is 5.00. The first-order chi connectivity index (χ1) is 9.58. The Morgan fingerprint density at radius 2 is 2.10 bits per heavy atom. The first kappa shape index (κ1) is 17.2. The van der Waals surface area contributed by atoms with Crippen molar-refractivity contribution < 1.29 is 0 Å². The van der Waals surface area contributed by atoms with Crippen LogP contribution in [-0.2, 0) is 13.0 Å². The van der Waals surface area contributed by atoms with E-state index in [1.54, 1.807) is 11.8 Å². The first-order valence-corrected chi connectivity index (χ1v) is 8.69. The second-order valence-corrected chi connectivity index (χ2v) is 6.18. The van der Waals surface area contributed by atoms with Crippen LogP contribution in [0.3, 0.4) is 0 Å². The van der Waals surface area contributed by atoms with E-state index in [0.717, 1.165) is 48.6 Å². The third-order valence-corrected chi connectivity index (χ3v) is 3.68. The molecule has 7 heteroatoms. The summed E-state index contributed by atoms with van der Waals surface area (Å²) in [4.78, 5) is 0. The van der Waals surface area contributed by atoms with Crippen molar-refractivity contribution in [3.05, 3.63) is 5.82 Å².